The molecule has 7 nitrogen and oxygen atoms in total. The molecule has 14 heteroatoms. The number of likely N-dealkylation sites (N-methyl/N-ethyl adjacent to an activating group) is 1. The lowest BCUT2D eigenvalue weighted by atomic mass is 10.2. The highest BCUT2D eigenvalue weighted by atomic mass is 32.1. The van der Waals surface area contributed by atoms with Crippen molar-refractivity contribution in [1.82, 2.24) is 24.5 Å². The summed E-state index contributed by atoms with van der Waals surface area (Å²) in [6.07, 6.45) is -8.78. The van der Waals surface area contributed by atoms with Crippen LogP contribution < -0.4 is 10.9 Å². The van der Waals surface area contributed by atoms with E-state index in [1.165, 1.54) is 7.05 Å². The molecule has 0 saturated heterocycles. The SMILES string of the molecule is CNC(=O)Cc1c(C(F)(F)F)sc2nc(Cn3nc(C(F)(F)F)cc3C3CC3)cc(=O)n12. The van der Waals surface area contributed by atoms with E-state index in [2.05, 4.69) is 15.4 Å². The van der Waals surface area contributed by atoms with E-state index in [0.29, 0.717) is 22.9 Å². The Labute approximate surface area is 179 Å². The zero-order chi connectivity index (χ0) is 23.4. The van der Waals surface area contributed by atoms with Crippen molar-refractivity contribution < 1.29 is 31.1 Å². The van der Waals surface area contributed by atoms with Crippen LogP contribution in [0.2, 0.25) is 0 Å². The number of rotatable bonds is 5. The summed E-state index contributed by atoms with van der Waals surface area (Å²) in [6.45, 7) is -0.308. The molecule has 1 saturated carbocycles. The van der Waals surface area contributed by atoms with Crippen LogP contribution in [-0.2, 0) is 30.1 Å². The van der Waals surface area contributed by atoms with Gasteiger partial charge in [-0.2, -0.15) is 31.4 Å². The van der Waals surface area contributed by atoms with Crippen LogP contribution in [0.15, 0.2) is 16.9 Å². The van der Waals surface area contributed by atoms with Crippen LogP contribution in [0.5, 0.6) is 0 Å². The average Bonchev–Trinajstić information content (AvgIpc) is 3.31. The second-order valence-electron chi connectivity index (χ2n) is 7.31. The maximum Gasteiger partial charge on any atom is 0.435 e. The van der Waals surface area contributed by atoms with Crippen molar-refractivity contribution in [2.45, 2.75) is 44.1 Å². The van der Waals surface area contributed by atoms with Crippen molar-refractivity contribution in [1.29, 1.82) is 0 Å². The highest BCUT2D eigenvalue weighted by Gasteiger charge is 2.39. The van der Waals surface area contributed by atoms with Crippen molar-refractivity contribution in [3.05, 3.63) is 50.1 Å². The third-order valence-electron chi connectivity index (χ3n) is 4.94. The van der Waals surface area contributed by atoms with Gasteiger partial charge in [0.25, 0.3) is 5.56 Å². The quantitative estimate of drug-likeness (QED) is 0.570. The fraction of sp³-hybridized carbons (Fsp3) is 0.444. The monoisotopic (exact) mass is 479 g/mol. The van der Waals surface area contributed by atoms with Crippen molar-refractivity contribution in [2.24, 2.45) is 0 Å². The van der Waals surface area contributed by atoms with Gasteiger partial charge in [0.2, 0.25) is 5.91 Å². The number of fused-ring (bicyclic) bond motifs is 1. The molecule has 1 aliphatic rings. The van der Waals surface area contributed by atoms with Gasteiger partial charge >= 0.3 is 12.4 Å². The number of hydrogen-bond donors (Lipinski definition) is 1. The summed E-state index contributed by atoms with van der Waals surface area (Å²) in [4.78, 5) is 26.9. The van der Waals surface area contributed by atoms with Crippen LogP contribution in [-0.4, -0.2) is 32.1 Å². The largest absolute Gasteiger partial charge is 0.435 e. The highest BCUT2D eigenvalue weighted by Crippen LogP contribution is 2.42. The molecule has 0 spiro atoms. The molecular formula is C18H15F6N5O2S. The smallest absolute Gasteiger partial charge is 0.359 e. The summed E-state index contributed by atoms with van der Waals surface area (Å²) in [6, 6.07) is 1.89. The number of thiazole rings is 1. The van der Waals surface area contributed by atoms with E-state index in [4.69, 9.17) is 0 Å². The summed E-state index contributed by atoms with van der Waals surface area (Å²) in [5, 5.41) is 5.78. The maximum absolute atomic E-state index is 13.5. The summed E-state index contributed by atoms with van der Waals surface area (Å²) >= 11 is 0.192. The summed E-state index contributed by atoms with van der Waals surface area (Å²) in [5.41, 5.74) is -2.19. The first-order chi connectivity index (χ1) is 14.9. The van der Waals surface area contributed by atoms with E-state index in [0.717, 1.165) is 16.8 Å². The second-order valence-corrected chi connectivity index (χ2v) is 8.29. The Morgan fingerprint density at radius 3 is 2.44 bits per heavy atom. The molecule has 0 radical (unpaired) electrons. The fourth-order valence-corrected chi connectivity index (χ4v) is 4.37. The van der Waals surface area contributed by atoms with Crippen LogP contribution in [0.3, 0.4) is 0 Å². The lowest BCUT2D eigenvalue weighted by Gasteiger charge is -2.08. The van der Waals surface area contributed by atoms with Crippen LogP contribution >= 0.6 is 11.3 Å². The van der Waals surface area contributed by atoms with Gasteiger partial charge in [-0.25, -0.2) is 4.98 Å². The van der Waals surface area contributed by atoms with Crippen molar-refractivity contribution >= 4 is 22.2 Å². The van der Waals surface area contributed by atoms with Crippen LogP contribution in [0.1, 0.15) is 46.4 Å². The van der Waals surface area contributed by atoms with E-state index in [1.807, 2.05) is 0 Å². The van der Waals surface area contributed by atoms with Crippen LogP contribution in [0.25, 0.3) is 4.96 Å². The fourth-order valence-electron chi connectivity index (χ4n) is 3.33. The molecule has 3 aromatic heterocycles. The Balaban J connectivity index is 1.79. The Morgan fingerprint density at radius 2 is 1.88 bits per heavy atom. The van der Waals surface area contributed by atoms with E-state index in [-0.39, 0.29) is 34.5 Å². The topological polar surface area (TPSA) is 81.3 Å². The van der Waals surface area contributed by atoms with Gasteiger partial charge in [0, 0.05) is 24.7 Å². The Hall–Kier alpha value is -2.90. The number of halogens is 6. The first kappa shape index (κ1) is 22.3. The summed E-state index contributed by atoms with van der Waals surface area (Å²) in [7, 11) is 1.25. The molecule has 172 valence electrons. The van der Waals surface area contributed by atoms with E-state index < -0.39 is 46.5 Å². The Morgan fingerprint density at radius 1 is 1.19 bits per heavy atom. The lowest BCUT2D eigenvalue weighted by molar-refractivity contribution is -0.141. The third kappa shape index (κ3) is 4.23. The molecule has 3 heterocycles. The standard InChI is InChI=1S/C18H15F6N5O2S/c1-25-13(30)6-11-15(18(22,23)24)32-16-26-9(4-14(31)29(11)16)7-28-10(8-2-3-8)5-12(27-28)17(19,20)21/h4-5,8H,2-3,6-7H2,1H3,(H,25,30). The van der Waals surface area contributed by atoms with Crippen LogP contribution in [0.4, 0.5) is 26.3 Å². The first-order valence-corrected chi connectivity index (χ1v) is 10.2. The van der Waals surface area contributed by atoms with Gasteiger partial charge in [-0.15, -0.1) is 0 Å². The minimum absolute atomic E-state index is 0.0322. The normalized spacial score (nSPS) is 14.8. The minimum atomic E-state index is -4.82. The van der Waals surface area contributed by atoms with Gasteiger partial charge in [0.15, 0.2) is 10.7 Å². The predicted octanol–water partition coefficient (Wildman–Crippen LogP) is 3.20. The summed E-state index contributed by atoms with van der Waals surface area (Å²) < 4.78 is 81.5. The number of carbonyl (C=O) groups is 1. The molecule has 0 bridgehead atoms. The third-order valence-corrected chi connectivity index (χ3v) is 6.07. The van der Waals surface area contributed by atoms with Gasteiger partial charge in [0.1, 0.15) is 4.88 Å². The highest BCUT2D eigenvalue weighted by molar-refractivity contribution is 7.17. The predicted molar refractivity (Wildman–Crippen MR) is 100 cm³/mol. The van der Waals surface area contributed by atoms with E-state index in [9.17, 15) is 35.9 Å². The minimum Gasteiger partial charge on any atom is -0.359 e. The van der Waals surface area contributed by atoms with Crippen molar-refractivity contribution in [3.8, 4) is 0 Å². The molecule has 1 amide bonds. The average molecular weight is 479 g/mol. The molecule has 1 fully saturated rings. The molecule has 1 aliphatic carbocycles. The van der Waals surface area contributed by atoms with Gasteiger partial charge in [-0.3, -0.25) is 18.7 Å². The number of carbonyl (C=O) groups excluding carboxylic acids is 1. The van der Waals surface area contributed by atoms with Gasteiger partial charge in [0.05, 0.1) is 24.4 Å². The maximum atomic E-state index is 13.5. The number of nitrogens with zero attached hydrogens (tertiary/aromatic N) is 4. The van der Waals surface area contributed by atoms with Crippen molar-refractivity contribution in [3.63, 3.8) is 0 Å². The number of alkyl halides is 6. The second kappa shape index (κ2) is 7.60. The summed E-state index contributed by atoms with van der Waals surface area (Å²) in [5.74, 6) is -0.822. The number of aromatic nitrogens is 4. The Kier molecular flexibility index (Phi) is 5.30. The van der Waals surface area contributed by atoms with Gasteiger partial charge in [-0.05, 0) is 18.9 Å². The molecule has 0 atom stereocenters. The molecule has 32 heavy (non-hydrogen) atoms. The molecule has 1 N–H and O–H groups in total. The molecule has 0 unspecified atom stereocenters. The van der Waals surface area contributed by atoms with Gasteiger partial charge < -0.3 is 5.32 Å². The molecule has 3 aromatic rings. The molecule has 4 rings (SSSR count). The zero-order valence-electron chi connectivity index (χ0n) is 16.3. The lowest BCUT2D eigenvalue weighted by Crippen LogP contribution is -2.25. The van der Waals surface area contributed by atoms with Crippen molar-refractivity contribution in [2.75, 3.05) is 7.05 Å². The number of amides is 1. The zero-order valence-corrected chi connectivity index (χ0v) is 17.2. The van der Waals surface area contributed by atoms with E-state index >= 15 is 0 Å². The molecule has 0 aromatic carbocycles. The Bertz CT molecular complexity index is 1250. The number of hydrogen-bond acceptors (Lipinski definition) is 5. The van der Waals surface area contributed by atoms with E-state index in [1.54, 1.807) is 0 Å². The molecule has 0 aliphatic heterocycles. The first-order valence-electron chi connectivity index (χ1n) is 9.35. The van der Waals surface area contributed by atoms with Crippen LogP contribution in [0, 0.1) is 0 Å². The number of nitrogens with one attached hydrogen (secondary N) is 1. The molecular weight excluding hydrogens is 464 g/mol. The van der Waals surface area contributed by atoms with Gasteiger partial charge in [-0.1, -0.05) is 11.3 Å².